The lowest BCUT2D eigenvalue weighted by Crippen LogP contribution is -2.42. The van der Waals surface area contributed by atoms with Crippen molar-refractivity contribution >= 4 is 28.4 Å². The van der Waals surface area contributed by atoms with Crippen molar-refractivity contribution in [1.82, 2.24) is 24.8 Å². The number of nitrogens with one attached hydrogen (secondary N) is 2. The maximum Gasteiger partial charge on any atom is 0.256 e. The fraction of sp³-hybridized carbons (Fsp3) is 0.296. The zero-order chi connectivity index (χ0) is 25.1. The van der Waals surface area contributed by atoms with Gasteiger partial charge in [-0.2, -0.15) is 0 Å². The molecule has 0 spiro atoms. The van der Waals surface area contributed by atoms with Gasteiger partial charge in [0.15, 0.2) is 0 Å². The molecule has 1 aromatic carbocycles. The van der Waals surface area contributed by atoms with Crippen LogP contribution in [0.1, 0.15) is 37.0 Å². The lowest BCUT2D eigenvalue weighted by molar-refractivity contribution is 0.102. The van der Waals surface area contributed by atoms with Gasteiger partial charge in [-0.3, -0.25) is 9.78 Å². The summed E-state index contributed by atoms with van der Waals surface area (Å²) in [4.78, 5) is 32.7. The molecule has 0 aliphatic carbocycles. The third-order valence-corrected chi connectivity index (χ3v) is 6.43. The molecule has 8 nitrogen and oxygen atoms in total. The summed E-state index contributed by atoms with van der Waals surface area (Å²) >= 11 is 0. The van der Waals surface area contributed by atoms with Gasteiger partial charge in [-0.15, -0.1) is 0 Å². The second-order valence-electron chi connectivity index (χ2n) is 9.23. The van der Waals surface area contributed by atoms with Crippen molar-refractivity contribution in [2.24, 2.45) is 0 Å². The fourth-order valence-corrected chi connectivity index (χ4v) is 4.39. The third kappa shape index (κ3) is 5.31. The van der Waals surface area contributed by atoms with E-state index in [0.717, 1.165) is 25.9 Å². The zero-order valence-corrected chi connectivity index (χ0v) is 20.3. The van der Waals surface area contributed by atoms with Crippen LogP contribution < -0.4 is 10.6 Å². The topological polar surface area (TPSA) is 95.9 Å². The molecule has 1 aliphatic rings. The standard InChI is InChI=1S/C27H28FN7O/c1-17(2)35-10-8-19(9-11-35)31-26-16-29-15-24(33-26)23-12-21(28)20-14-30-25(13-22(20)32-23)34-27(36)18-6-4-3-5-7-18/h3-7,12-17,19H,8-11H2,1-2H3,(H,31,33)(H,30,34,36). The van der Waals surface area contributed by atoms with E-state index >= 15 is 0 Å². The Morgan fingerprint density at radius 3 is 2.53 bits per heavy atom. The number of aromatic nitrogens is 4. The number of amides is 1. The number of halogens is 1. The molecule has 36 heavy (non-hydrogen) atoms. The molecule has 1 saturated heterocycles. The average molecular weight is 486 g/mol. The zero-order valence-electron chi connectivity index (χ0n) is 20.3. The van der Waals surface area contributed by atoms with E-state index in [4.69, 9.17) is 0 Å². The van der Waals surface area contributed by atoms with Gasteiger partial charge in [0.2, 0.25) is 0 Å². The van der Waals surface area contributed by atoms with Gasteiger partial charge in [0.25, 0.3) is 5.91 Å². The molecular formula is C27H28FN7O. The summed E-state index contributed by atoms with van der Waals surface area (Å²) < 4.78 is 14.9. The lowest BCUT2D eigenvalue weighted by Gasteiger charge is -2.35. The van der Waals surface area contributed by atoms with Crippen LogP contribution in [0.25, 0.3) is 22.3 Å². The molecule has 4 aromatic rings. The molecular weight excluding hydrogens is 457 g/mol. The van der Waals surface area contributed by atoms with E-state index in [2.05, 4.69) is 49.3 Å². The number of hydrogen-bond acceptors (Lipinski definition) is 7. The second-order valence-corrected chi connectivity index (χ2v) is 9.23. The van der Waals surface area contributed by atoms with Crippen molar-refractivity contribution in [3.8, 4) is 11.4 Å². The summed E-state index contributed by atoms with van der Waals surface area (Å²) in [6, 6.07) is 12.6. The summed E-state index contributed by atoms with van der Waals surface area (Å²) in [5.41, 5.74) is 1.69. The third-order valence-electron chi connectivity index (χ3n) is 6.43. The number of fused-ring (bicyclic) bond motifs is 1. The number of benzene rings is 1. The van der Waals surface area contributed by atoms with E-state index in [1.807, 2.05) is 6.07 Å². The van der Waals surface area contributed by atoms with Crippen LogP contribution in [0.4, 0.5) is 16.0 Å². The smallest absolute Gasteiger partial charge is 0.256 e. The summed E-state index contributed by atoms with van der Waals surface area (Å²) in [6.07, 6.45) is 6.67. The number of pyridine rings is 2. The first-order chi connectivity index (χ1) is 17.5. The van der Waals surface area contributed by atoms with Crippen LogP contribution in [0, 0.1) is 5.82 Å². The number of likely N-dealkylation sites (tertiary alicyclic amines) is 1. The molecule has 1 fully saturated rings. The van der Waals surface area contributed by atoms with Gasteiger partial charge >= 0.3 is 0 Å². The van der Waals surface area contributed by atoms with E-state index in [1.165, 1.54) is 12.3 Å². The first kappa shape index (κ1) is 23.7. The van der Waals surface area contributed by atoms with Crippen LogP contribution in [-0.2, 0) is 0 Å². The first-order valence-corrected chi connectivity index (χ1v) is 12.1. The number of piperidine rings is 1. The monoisotopic (exact) mass is 485 g/mol. The largest absolute Gasteiger partial charge is 0.366 e. The first-order valence-electron chi connectivity index (χ1n) is 12.1. The normalized spacial score (nSPS) is 14.8. The van der Waals surface area contributed by atoms with Crippen molar-refractivity contribution < 1.29 is 9.18 Å². The quantitative estimate of drug-likeness (QED) is 0.406. The molecule has 9 heteroatoms. The van der Waals surface area contributed by atoms with Gasteiger partial charge in [0.1, 0.15) is 23.1 Å². The number of carbonyl (C=O) groups excluding carboxylic acids is 1. The van der Waals surface area contributed by atoms with E-state index in [9.17, 15) is 9.18 Å². The summed E-state index contributed by atoms with van der Waals surface area (Å²) in [6.45, 7) is 6.51. The predicted molar refractivity (Wildman–Crippen MR) is 138 cm³/mol. The molecule has 1 amide bonds. The minimum atomic E-state index is -0.468. The molecule has 0 bridgehead atoms. The van der Waals surface area contributed by atoms with Crippen molar-refractivity contribution in [1.29, 1.82) is 0 Å². The predicted octanol–water partition coefficient (Wildman–Crippen LogP) is 4.76. The Balaban J connectivity index is 1.36. The number of anilines is 2. The summed E-state index contributed by atoms with van der Waals surface area (Å²) in [5, 5.41) is 6.47. The van der Waals surface area contributed by atoms with Gasteiger partial charge in [0, 0.05) is 49.1 Å². The Kier molecular flexibility index (Phi) is 6.81. The fourth-order valence-electron chi connectivity index (χ4n) is 4.39. The summed E-state index contributed by atoms with van der Waals surface area (Å²) in [7, 11) is 0. The lowest BCUT2D eigenvalue weighted by atomic mass is 10.0. The number of carbonyl (C=O) groups is 1. The van der Waals surface area contributed by atoms with Crippen LogP contribution in [0.3, 0.4) is 0 Å². The molecule has 1 aliphatic heterocycles. The highest BCUT2D eigenvalue weighted by Crippen LogP contribution is 2.25. The van der Waals surface area contributed by atoms with E-state index in [-0.39, 0.29) is 17.1 Å². The number of rotatable bonds is 6. The summed E-state index contributed by atoms with van der Waals surface area (Å²) in [5.74, 6) is 0.158. The molecule has 0 unspecified atom stereocenters. The molecule has 4 heterocycles. The van der Waals surface area contributed by atoms with E-state index in [0.29, 0.717) is 40.4 Å². The van der Waals surface area contributed by atoms with Crippen LogP contribution in [0.2, 0.25) is 0 Å². The van der Waals surface area contributed by atoms with Crippen molar-refractivity contribution in [2.45, 2.75) is 38.8 Å². The Morgan fingerprint density at radius 2 is 1.78 bits per heavy atom. The Hall–Kier alpha value is -3.98. The van der Waals surface area contributed by atoms with Gasteiger partial charge in [-0.1, -0.05) is 18.2 Å². The minimum Gasteiger partial charge on any atom is -0.366 e. The van der Waals surface area contributed by atoms with Gasteiger partial charge in [-0.25, -0.2) is 19.3 Å². The Morgan fingerprint density at radius 1 is 1.00 bits per heavy atom. The van der Waals surface area contributed by atoms with Gasteiger partial charge in [0.05, 0.1) is 29.0 Å². The highest BCUT2D eigenvalue weighted by atomic mass is 19.1. The number of hydrogen-bond donors (Lipinski definition) is 2. The van der Waals surface area contributed by atoms with Crippen LogP contribution in [0.15, 0.2) is 61.1 Å². The highest BCUT2D eigenvalue weighted by molar-refractivity contribution is 6.04. The molecule has 5 rings (SSSR count). The van der Waals surface area contributed by atoms with Crippen LogP contribution in [0.5, 0.6) is 0 Å². The second kappa shape index (κ2) is 10.3. The Labute approximate surface area is 209 Å². The van der Waals surface area contributed by atoms with Crippen molar-refractivity contribution in [2.75, 3.05) is 23.7 Å². The maximum atomic E-state index is 14.9. The van der Waals surface area contributed by atoms with E-state index < -0.39 is 5.82 Å². The molecule has 184 valence electrons. The molecule has 0 radical (unpaired) electrons. The molecule has 3 aromatic heterocycles. The van der Waals surface area contributed by atoms with Crippen molar-refractivity contribution in [3.63, 3.8) is 0 Å². The van der Waals surface area contributed by atoms with Gasteiger partial charge in [-0.05, 0) is 38.8 Å². The number of nitrogens with zero attached hydrogens (tertiary/aromatic N) is 5. The average Bonchev–Trinajstić information content (AvgIpc) is 2.89. The van der Waals surface area contributed by atoms with Crippen LogP contribution >= 0.6 is 0 Å². The SMILES string of the molecule is CC(C)N1CCC(Nc2cncc(-c3cc(F)c4cnc(NC(=O)c5ccccc5)cc4n3)n2)CC1. The maximum absolute atomic E-state index is 14.9. The highest BCUT2D eigenvalue weighted by Gasteiger charge is 2.21. The van der Waals surface area contributed by atoms with Gasteiger partial charge < -0.3 is 15.5 Å². The van der Waals surface area contributed by atoms with Crippen LogP contribution in [-0.4, -0.2) is 55.9 Å². The molecule has 0 saturated carbocycles. The van der Waals surface area contributed by atoms with Crippen molar-refractivity contribution in [3.05, 3.63) is 72.4 Å². The molecule has 2 N–H and O–H groups in total. The molecule has 0 atom stereocenters. The van der Waals surface area contributed by atoms with E-state index in [1.54, 1.807) is 42.7 Å². The Bertz CT molecular complexity index is 1370. The minimum absolute atomic E-state index is 0.260.